The standard InChI is InChI=1S/C22H31N5O3/c1-3-11-30-12-9-27-16-21(23-8-4-5-10-28)26-19-15-24-18(13-20(19)27)17-6-7-22(29-2)25-14-17/h6-7,13-15,28H,3-5,8-12,16H2,1-2H3,(H,23,26). The van der Waals surface area contributed by atoms with Gasteiger partial charge in [0.1, 0.15) is 5.84 Å². The molecule has 0 spiro atoms. The molecule has 8 nitrogen and oxygen atoms in total. The SMILES string of the molecule is CCCOCCN1CC(=NCCCCO)Nc2cnc(-c3ccc(OC)nc3)cc21. The molecular formula is C22H31N5O3. The molecule has 0 fully saturated rings. The number of nitrogens with one attached hydrogen (secondary N) is 1. The highest BCUT2D eigenvalue weighted by molar-refractivity contribution is 6.04. The second-order valence-corrected chi connectivity index (χ2v) is 7.09. The molecule has 2 aromatic rings. The van der Waals surface area contributed by atoms with Crippen molar-refractivity contribution in [3.8, 4) is 17.1 Å². The number of aromatic nitrogens is 2. The van der Waals surface area contributed by atoms with Crippen LogP contribution >= 0.6 is 0 Å². The van der Waals surface area contributed by atoms with E-state index in [1.807, 2.05) is 18.3 Å². The monoisotopic (exact) mass is 413 g/mol. The first-order chi connectivity index (χ1) is 14.7. The second-order valence-electron chi connectivity index (χ2n) is 7.09. The molecule has 30 heavy (non-hydrogen) atoms. The summed E-state index contributed by atoms with van der Waals surface area (Å²) in [5.74, 6) is 1.49. The number of pyridine rings is 2. The molecule has 0 saturated carbocycles. The Kier molecular flexibility index (Phi) is 8.41. The minimum absolute atomic E-state index is 0.203. The van der Waals surface area contributed by atoms with Crippen molar-refractivity contribution in [2.45, 2.75) is 26.2 Å². The van der Waals surface area contributed by atoms with Crippen molar-refractivity contribution in [2.24, 2.45) is 4.99 Å². The van der Waals surface area contributed by atoms with Gasteiger partial charge in [-0.3, -0.25) is 9.98 Å². The molecule has 0 aromatic carbocycles. The highest BCUT2D eigenvalue weighted by Gasteiger charge is 2.22. The van der Waals surface area contributed by atoms with Crippen molar-refractivity contribution in [3.05, 3.63) is 30.6 Å². The molecule has 0 amide bonds. The van der Waals surface area contributed by atoms with E-state index in [2.05, 4.69) is 38.2 Å². The van der Waals surface area contributed by atoms with Gasteiger partial charge in [0.25, 0.3) is 0 Å². The van der Waals surface area contributed by atoms with Gasteiger partial charge in [-0.1, -0.05) is 6.92 Å². The molecule has 1 aliphatic heterocycles. The highest BCUT2D eigenvalue weighted by atomic mass is 16.5. The molecule has 162 valence electrons. The number of nitrogens with zero attached hydrogens (tertiary/aromatic N) is 4. The predicted octanol–water partition coefficient (Wildman–Crippen LogP) is 2.98. The number of hydrogen-bond acceptors (Lipinski definition) is 7. The molecular weight excluding hydrogens is 382 g/mol. The number of rotatable bonds is 11. The summed E-state index contributed by atoms with van der Waals surface area (Å²) in [4.78, 5) is 15.9. The number of amidine groups is 1. The van der Waals surface area contributed by atoms with Crippen molar-refractivity contribution in [1.29, 1.82) is 0 Å². The lowest BCUT2D eigenvalue weighted by molar-refractivity contribution is 0.141. The summed E-state index contributed by atoms with van der Waals surface area (Å²) in [6.45, 7) is 5.89. The first-order valence-electron chi connectivity index (χ1n) is 10.5. The number of anilines is 2. The predicted molar refractivity (Wildman–Crippen MR) is 120 cm³/mol. The molecule has 8 heteroatoms. The maximum Gasteiger partial charge on any atom is 0.212 e. The number of fused-ring (bicyclic) bond motifs is 1. The van der Waals surface area contributed by atoms with Gasteiger partial charge in [-0.05, 0) is 31.4 Å². The van der Waals surface area contributed by atoms with Crippen LogP contribution in [0.4, 0.5) is 11.4 Å². The second kappa shape index (κ2) is 11.5. The Morgan fingerprint density at radius 2 is 2.10 bits per heavy atom. The van der Waals surface area contributed by atoms with Crippen LogP contribution in [0.15, 0.2) is 35.6 Å². The fourth-order valence-corrected chi connectivity index (χ4v) is 3.22. The van der Waals surface area contributed by atoms with E-state index in [0.29, 0.717) is 25.6 Å². The molecule has 0 radical (unpaired) electrons. The van der Waals surface area contributed by atoms with Gasteiger partial charge >= 0.3 is 0 Å². The summed E-state index contributed by atoms with van der Waals surface area (Å²) < 4.78 is 10.9. The number of aliphatic hydroxyl groups excluding tert-OH is 1. The number of aliphatic imine (C=N–C) groups is 1. The Morgan fingerprint density at radius 3 is 2.83 bits per heavy atom. The van der Waals surface area contributed by atoms with E-state index in [1.54, 1.807) is 13.3 Å². The number of ether oxygens (including phenoxy) is 2. The van der Waals surface area contributed by atoms with Crippen LogP contribution in [-0.4, -0.2) is 67.5 Å². The molecule has 3 heterocycles. The maximum absolute atomic E-state index is 8.96. The number of aliphatic hydroxyl groups is 1. The van der Waals surface area contributed by atoms with E-state index in [1.165, 1.54) is 0 Å². The third-order valence-corrected chi connectivity index (χ3v) is 4.81. The average molecular weight is 414 g/mol. The minimum atomic E-state index is 0.203. The largest absolute Gasteiger partial charge is 0.481 e. The maximum atomic E-state index is 8.96. The summed E-state index contributed by atoms with van der Waals surface area (Å²) >= 11 is 0. The zero-order valence-electron chi connectivity index (χ0n) is 17.8. The van der Waals surface area contributed by atoms with Gasteiger partial charge in [0.15, 0.2) is 0 Å². The van der Waals surface area contributed by atoms with E-state index in [-0.39, 0.29) is 6.61 Å². The first-order valence-corrected chi connectivity index (χ1v) is 10.5. The Hall–Kier alpha value is -2.71. The van der Waals surface area contributed by atoms with Crippen LogP contribution in [0, 0.1) is 0 Å². The van der Waals surface area contributed by atoms with Crippen molar-refractivity contribution in [1.82, 2.24) is 9.97 Å². The lowest BCUT2D eigenvalue weighted by Crippen LogP contribution is -2.40. The van der Waals surface area contributed by atoms with Gasteiger partial charge in [0.2, 0.25) is 5.88 Å². The normalized spacial score (nSPS) is 14.5. The third kappa shape index (κ3) is 5.90. The van der Waals surface area contributed by atoms with Crippen molar-refractivity contribution in [3.63, 3.8) is 0 Å². The van der Waals surface area contributed by atoms with E-state index in [4.69, 9.17) is 14.6 Å². The molecule has 1 aliphatic rings. The molecule has 2 N–H and O–H groups in total. The van der Waals surface area contributed by atoms with Crippen LogP contribution < -0.4 is 15.0 Å². The van der Waals surface area contributed by atoms with Gasteiger partial charge in [-0.15, -0.1) is 0 Å². The summed E-state index contributed by atoms with van der Waals surface area (Å²) in [5, 5.41) is 12.4. The van der Waals surface area contributed by atoms with E-state index in [0.717, 1.165) is 60.9 Å². The van der Waals surface area contributed by atoms with Crippen LogP contribution in [-0.2, 0) is 4.74 Å². The lowest BCUT2D eigenvalue weighted by atomic mass is 10.1. The molecule has 3 rings (SSSR count). The molecule has 2 aromatic heterocycles. The fourth-order valence-electron chi connectivity index (χ4n) is 3.22. The molecule has 0 aliphatic carbocycles. The van der Waals surface area contributed by atoms with Crippen molar-refractivity contribution in [2.75, 3.05) is 56.8 Å². The molecule has 0 unspecified atom stereocenters. The topological polar surface area (TPSA) is 92.1 Å². The zero-order chi connectivity index (χ0) is 21.2. The Morgan fingerprint density at radius 1 is 1.20 bits per heavy atom. The Labute approximate surface area is 178 Å². The van der Waals surface area contributed by atoms with Crippen LogP contribution in [0.3, 0.4) is 0 Å². The van der Waals surface area contributed by atoms with Gasteiger partial charge in [-0.25, -0.2) is 4.98 Å². The van der Waals surface area contributed by atoms with E-state index < -0.39 is 0 Å². The average Bonchev–Trinajstić information content (AvgIpc) is 2.79. The zero-order valence-corrected chi connectivity index (χ0v) is 17.8. The van der Waals surface area contributed by atoms with Gasteiger partial charge < -0.3 is 24.8 Å². The van der Waals surface area contributed by atoms with E-state index in [9.17, 15) is 0 Å². The van der Waals surface area contributed by atoms with Gasteiger partial charge in [0, 0.05) is 44.1 Å². The fraction of sp³-hybridized carbons (Fsp3) is 0.500. The lowest BCUT2D eigenvalue weighted by Gasteiger charge is -2.33. The van der Waals surface area contributed by atoms with Crippen molar-refractivity contribution >= 4 is 17.2 Å². The van der Waals surface area contributed by atoms with Gasteiger partial charge in [-0.2, -0.15) is 0 Å². The van der Waals surface area contributed by atoms with Crippen LogP contribution in [0.25, 0.3) is 11.3 Å². The molecule has 0 atom stereocenters. The summed E-state index contributed by atoms with van der Waals surface area (Å²) in [6, 6.07) is 5.87. The number of unbranched alkanes of at least 4 members (excludes halogenated alkanes) is 1. The molecule has 0 saturated heterocycles. The van der Waals surface area contributed by atoms with Gasteiger partial charge in [0.05, 0.1) is 43.5 Å². The summed E-state index contributed by atoms with van der Waals surface area (Å²) in [7, 11) is 1.60. The van der Waals surface area contributed by atoms with Crippen LogP contribution in [0.5, 0.6) is 5.88 Å². The molecule has 0 bridgehead atoms. The first kappa shape index (κ1) is 22.0. The van der Waals surface area contributed by atoms with Crippen LogP contribution in [0.1, 0.15) is 26.2 Å². The summed E-state index contributed by atoms with van der Waals surface area (Å²) in [6.07, 6.45) is 6.26. The number of hydrogen-bond donors (Lipinski definition) is 2. The van der Waals surface area contributed by atoms with Crippen molar-refractivity contribution < 1.29 is 14.6 Å². The third-order valence-electron chi connectivity index (χ3n) is 4.81. The van der Waals surface area contributed by atoms with E-state index >= 15 is 0 Å². The number of methoxy groups -OCH3 is 1. The summed E-state index contributed by atoms with van der Waals surface area (Å²) in [5.41, 5.74) is 3.80. The quantitative estimate of drug-likeness (QED) is 0.547. The smallest absolute Gasteiger partial charge is 0.212 e. The van der Waals surface area contributed by atoms with Crippen LogP contribution in [0.2, 0.25) is 0 Å². The Balaban J connectivity index is 1.80. The Bertz CT molecular complexity index is 826. The highest BCUT2D eigenvalue weighted by Crippen LogP contribution is 2.32. The minimum Gasteiger partial charge on any atom is -0.481 e.